The summed E-state index contributed by atoms with van der Waals surface area (Å²) in [7, 11) is 0. The summed E-state index contributed by atoms with van der Waals surface area (Å²) in [5.41, 5.74) is 1.67. The first-order chi connectivity index (χ1) is 13.7. The molecule has 3 heterocycles. The van der Waals surface area contributed by atoms with Gasteiger partial charge in [0.05, 0.1) is 12.4 Å². The fraction of sp³-hybridized carbons (Fsp3) is 0.524. The molecule has 0 aromatic carbocycles. The molecule has 29 heavy (non-hydrogen) atoms. The summed E-state index contributed by atoms with van der Waals surface area (Å²) >= 11 is 0. The van der Waals surface area contributed by atoms with Crippen molar-refractivity contribution in [2.45, 2.75) is 52.9 Å². The highest BCUT2D eigenvalue weighted by atomic mass is 16.6. The van der Waals surface area contributed by atoms with Crippen LogP contribution in [0.1, 0.15) is 38.8 Å². The monoisotopic (exact) mass is 399 g/mol. The predicted molar refractivity (Wildman–Crippen MR) is 110 cm³/mol. The highest BCUT2D eigenvalue weighted by Gasteiger charge is 2.30. The van der Waals surface area contributed by atoms with Crippen molar-refractivity contribution in [2.75, 3.05) is 24.5 Å². The van der Waals surface area contributed by atoms with Crippen LogP contribution in [0.4, 0.5) is 10.7 Å². The molecule has 156 valence electrons. The number of amides is 1. The maximum Gasteiger partial charge on any atom is 0.410 e. The van der Waals surface area contributed by atoms with Gasteiger partial charge in [-0.2, -0.15) is 0 Å². The molecule has 1 amide bonds. The number of anilines is 1. The fourth-order valence-electron chi connectivity index (χ4n) is 3.10. The van der Waals surface area contributed by atoms with Gasteiger partial charge in [-0.3, -0.25) is 4.98 Å². The number of piperazine rings is 1. The first-order valence-electron chi connectivity index (χ1n) is 9.82. The van der Waals surface area contributed by atoms with E-state index in [0.29, 0.717) is 37.9 Å². The highest BCUT2D eigenvalue weighted by molar-refractivity contribution is 5.68. The average Bonchev–Trinajstić information content (AvgIpc) is 2.66. The minimum absolute atomic E-state index is 0.0857. The van der Waals surface area contributed by atoms with Crippen LogP contribution in [-0.2, 0) is 11.3 Å². The van der Waals surface area contributed by atoms with E-state index in [1.54, 1.807) is 23.5 Å². The minimum Gasteiger partial charge on any atom is -0.486 e. The van der Waals surface area contributed by atoms with Gasteiger partial charge < -0.3 is 19.3 Å². The molecule has 1 aliphatic rings. The molecule has 8 nitrogen and oxygen atoms in total. The van der Waals surface area contributed by atoms with Crippen molar-refractivity contribution >= 4 is 12.0 Å². The maximum absolute atomic E-state index is 12.3. The molecule has 1 fully saturated rings. The molecule has 0 saturated carbocycles. The number of aromatic nitrogens is 3. The number of hydrogen-bond donors (Lipinski definition) is 0. The minimum atomic E-state index is -0.495. The van der Waals surface area contributed by atoms with Gasteiger partial charge >= 0.3 is 6.09 Å². The lowest BCUT2D eigenvalue weighted by molar-refractivity contribution is 0.0218. The van der Waals surface area contributed by atoms with Gasteiger partial charge in [-0.15, -0.1) is 0 Å². The number of carbonyl (C=O) groups excluding carboxylic acids is 1. The van der Waals surface area contributed by atoms with E-state index >= 15 is 0 Å². The third-order valence-electron chi connectivity index (χ3n) is 4.68. The van der Waals surface area contributed by atoms with E-state index in [0.717, 1.165) is 11.1 Å². The van der Waals surface area contributed by atoms with Crippen LogP contribution in [0.5, 0.6) is 5.75 Å². The molecule has 1 aliphatic heterocycles. The zero-order valence-corrected chi connectivity index (χ0v) is 17.8. The highest BCUT2D eigenvalue weighted by Crippen LogP contribution is 2.20. The summed E-state index contributed by atoms with van der Waals surface area (Å²) < 4.78 is 11.3. The van der Waals surface area contributed by atoms with Gasteiger partial charge in [-0.1, -0.05) is 0 Å². The summed E-state index contributed by atoms with van der Waals surface area (Å²) in [6.07, 6.45) is 6.66. The van der Waals surface area contributed by atoms with Crippen LogP contribution in [0.25, 0.3) is 0 Å². The van der Waals surface area contributed by atoms with Gasteiger partial charge in [0.25, 0.3) is 0 Å². The van der Waals surface area contributed by atoms with Crippen molar-refractivity contribution in [1.29, 1.82) is 0 Å². The number of carbonyl (C=O) groups is 1. The van der Waals surface area contributed by atoms with Crippen LogP contribution in [-0.4, -0.2) is 57.2 Å². The Balaban J connectivity index is 1.56. The summed E-state index contributed by atoms with van der Waals surface area (Å²) in [4.78, 5) is 29.1. The van der Waals surface area contributed by atoms with Gasteiger partial charge in [-0.25, -0.2) is 14.8 Å². The van der Waals surface area contributed by atoms with Crippen LogP contribution in [0.3, 0.4) is 0 Å². The van der Waals surface area contributed by atoms with Crippen molar-refractivity contribution in [3.63, 3.8) is 0 Å². The van der Waals surface area contributed by atoms with Crippen LogP contribution in [0, 0.1) is 6.92 Å². The standard InChI is InChI=1S/C21H29N5O3/c1-15-10-22-7-6-17(15)14-28-18-11-23-19(24-12-18)26-9-8-25(13-16(26)2)20(27)29-21(3,4)5/h6-7,10-12,16H,8-9,13-14H2,1-5H3/t16-/m1/s1. The molecular weight excluding hydrogens is 370 g/mol. The predicted octanol–water partition coefficient (Wildman–Crippen LogP) is 3.20. The third kappa shape index (κ3) is 5.56. The Morgan fingerprint density at radius 2 is 1.93 bits per heavy atom. The quantitative estimate of drug-likeness (QED) is 0.781. The lowest BCUT2D eigenvalue weighted by Gasteiger charge is -2.40. The summed E-state index contributed by atoms with van der Waals surface area (Å²) in [5.74, 6) is 1.25. The molecular formula is C21H29N5O3. The second-order valence-corrected chi connectivity index (χ2v) is 8.28. The Morgan fingerprint density at radius 3 is 2.55 bits per heavy atom. The van der Waals surface area contributed by atoms with E-state index in [1.807, 2.05) is 40.0 Å². The number of aryl methyl sites for hydroxylation is 1. The van der Waals surface area contributed by atoms with E-state index in [1.165, 1.54) is 0 Å². The molecule has 0 spiro atoms. The van der Waals surface area contributed by atoms with E-state index in [4.69, 9.17) is 9.47 Å². The average molecular weight is 399 g/mol. The Morgan fingerprint density at radius 1 is 1.21 bits per heavy atom. The molecule has 3 rings (SSSR count). The van der Waals surface area contributed by atoms with Crippen LogP contribution in [0.15, 0.2) is 30.9 Å². The van der Waals surface area contributed by atoms with Gasteiger partial charge in [0.15, 0.2) is 5.75 Å². The Kier molecular flexibility index (Phi) is 6.20. The largest absolute Gasteiger partial charge is 0.486 e. The second-order valence-electron chi connectivity index (χ2n) is 8.28. The normalized spacial score (nSPS) is 17.2. The first kappa shape index (κ1) is 20.8. The molecule has 0 unspecified atom stereocenters. The number of pyridine rings is 1. The van der Waals surface area contributed by atoms with E-state index < -0.39 is 5.60 Å². The Hall–Kier alpha value is -2.90. The molecule has 8 heteroatoms. The molecule has 1 saturated heterocycles. The van der Waals surface area contributed by atoms with Crippen LogP contribution < -0.4 is 9.64 Å². The number of ether oxygens (including phenoxy) is 2. The Bertz CT molecular complexity index is 835. The zero-order valence-electron chi connectivity index (χ0n) is 17.8. The Labute approximate surface area is 171 Å². The molecule has 0 bridgehead atoms. The lowest BCUT2D eigenvalue weighted by atomic mass is 10.2. The van der Waals surface area contributed by atoms with Gasteiger partial charge in [0.1, 0.15) is 12.2 Å². The molecule has 2 aromatic rings. The summed E-state index contributed by atoms with van der Waals surface area (Å²) in [6.45, 7) is 11.9. The second kappa shape index (κ2) is 8.63. The van der Waals surface area contributed by atoms with Gasteiger partial charge in [0, 0.05) is 38.1 Å². The van der Waals surface area contributed by atoms with Crippen molar-refractivity contribution in [1.82, 2.24) is 19.9 Å². The summed E-state index contributed by atoms with van der Waals surface area (Å²) in [5, 5.41) is 0. The van der Waals surface area contributed by atoms with Crippen molar-refractivity contribution < 1.29 is 14.3 Å². The van der Waals surface area contributed by atoms with Gasteiger partial charge in [-0.05, 0) is 51.8 Å². The van der Waals surface area contributed by atoms with E-state index in [9.17, 15) is 4.79 Å². The van der Waals surface area contributed by atoms with Crippen molar-refractivity contribution in [3.8, 4) is 5.75 Å². The van der Waals surface area contributed by atoms with E-state index in [2.05, 4.69) is 26.8 Å². The van der Waals surface area contributed by atoms with Crippen LogP contribution in [0.2, 0.25) is 0 Å². The smallest absolute Gasteiger partial charge is 0.410 e. The number of hydrogen-bond acceptors (Lipinski definition) is 7. The zero-order chi connectivity index (χ0) is 21.0. The van der Waals surface area contributed by atoms with E-state index in [-0.39, 0.29) is 12.1 Å². The van der Waals surface area contributed by atoms with Crippen molar-refractivity contribution in [2.24, 2.45) is 0 Å². The van der Waals surface area contributed by atoms with Crippen LogP contribution >= 0.6 is 0 Å². The summed E-state index contributed by atoms with van der Waals surface area (Å²) in [6, 6.07) is 2.03. The topological polar surface area (TPSA) is 80.7 Å². The SMILES string of the molecule is Cc1cnccc1COc1cnc(N2CCN(C(=O)OC(C)(C)C)C[C@H]2C)nc1. The lowest BCUT2D eigenvalue weighted by Crippen LogP contribution is -2.55. The first-order valence-corrected chi connectivity index (χ1v) is 9.82. The molecule has 2 aromatic heterocycles. The molecule has 0 aliphatic carbocycles. The third-order valence-corrected chi connectivity index (χ3v) is 4.68. The van der Waals surface area contributed by atoms with Crippen molar-refractivity contribution in [3.05, 3.63) is 42.0 Å². The number of rotatable bonds is 4. The van der Waals surface area contributed by atoms with Gasteiger partial charge in [0.2, 0.25) is 5.95 Å². The fourth-order valence-corrected chi connectivity index (χ4v) is 3.10. The molecule has 0 radical (unpaired) electrons. The maximum atomic E-state index is 12.3. The molecule has 1 atom stereocenters. The number of nitrogens with zero attached hydrogens (tertiary/aromatic N) is 5. The molecule has 0 N–H and O–H groups in total.